The molecule has 1 aromatic carbocycles. The van der Waals surface area contributed by atoms with Crippen LogP contribution in [0.4, 0.5) is 10.8 Å². The van der Waals surface area contributed by atoms with E-state index in [1.165, 1.54) is 19.3 Å². The number of nitrogens with two attached hydrogens (primary N) is 1. The molecule has 18 heavy (non-hydrogen) atoms. The zero-order valence-electron chi connectivity index (χ0n) is 10.3. The minimum absolute atomic E-state index is 0.797. The van der Waals surface area contributed by atoms with Gasteiger partial charge in [0.15, 0.2) is 5.13 Å². The largest absolute Gasteiger partial charge is 0.399 e. The van der Waals surface area contributed by atoms with E-state index >= 15 is 0 Å². The quantitative estimate of drug-likeness (QED) is 0.841. The molecule has 0 amide bonds. The van der Waals surface area contributed by atoms with Gasteiger partial charge in [0.2, 0.25) is 0 Å². The molecule has 0 aliphatic carbocycles. The van der Waals surface area contributed by atoms with Gasteiger partial charge in [-0.05, 0) is 31.4 Å². The van der Waals surface area contributed by atoms with Crippen molar-refractivity contribution >= 4 is 22.2 Å². The van der Waals surface area contributed by atoms with Crippen LogP contribution in [0.3, 0.4) is 0 Å². The van der Waals surface area contributed by atoms with Gasteiger partial charge in [-0.15, -0.1) is 11.3 Å². The minimum Gasteiger partial charge on any atom is -0.399 e. The zero-order valence-corrected chi connectivity index (χ0v) is 11.1. The number of nitrogens with zero attached hydrogens (tertiary/aromatic N) is 2. The Bertz CT molecular complexity index is 512. The lowest BCUT2D eigenvalue weighted by Crippen LogP contribution is -2.29. The van der Waals surface area contributed by atoms with Crippen molar-refractivity contribution in [3.63, 3.8) is 0 Å². The predicted octanol–water partition coefficient (Wildman–Crippen LogP) is 3.38. The summed E-state index contributed by atoms with van der Waals surface area (Å²) in [6, 6.07) is 7.92. The van der Waals surface area contributed by atoms with Gasteiger partial charge in [-0.3, -0.25) is 0 Å². The first-order chi connectivity index (χ1) is 8.83. The van der Waals surface area contributed by atoms with Crippen molar-refractivity contribution in [1.82, 2.24) is 4.98 Å². The summed E-state index contributed by atoms with van der Waals surface area (Å²) in [4.78, 5) is 7.14. The molecule has 0 saturated carbocycles. The molecule has 94 valence electrons. The zero-order chi connectivity index (χ0) is 12.4. The summed E-state index contributed by atoms with van der Waals surface area (Å²) in [5, 5.41) is 3.29. The number of rotatable bonds is 2. The summed E-state index contributed by atoms with van der Waals surface area (Å²) in [5.74, 6) is 0. The van der Waals surface area contributed by atoms with E-state index in [-0.39, 0.29) is 0 Å². The molecule has 1 aliphatic heterocycles. The number of hydrogen-bond acceptors (Lipinski definition) is 4. The third-order valence-electron chi connectivity index (χ3n) is 3.33. The molecule has 0 atom stereocenters. The fourth-order valence-electron chi connectivity index (χ4n) is 2.28. The highest BCUT2D eigenvalue weighted by molar-refractivity contribution is 7.14. The van der Waals surface area contributed by atoms with E-state index in [1.54, 1.807) is 11.3 Å². The number of anilines is 2. The maximum atomic E-state index is 5.70. The Hall–Kier alpha value is -1.55. The Morgan fingerprint density at radius 1 is 1.06 bits per heavy atom. The van der Waals surface area contributed by atoms with Crippen LogP contribution < -0.4 is 10.6 Å². The summed E-state index contributed by atoms with van der Waals surface area (Å²) in [7, 11) is 0. The summed E-state index contributed by atoms with van der Waals surface area (Å²) in [6.07, 6.45) is 3.93. The Labute approximate surface area is 111 Å². The monoisotopic (exact) mass is 259 g/mol. The van der Waals surface area contributed by atoms with Gasteiger partial charge in [-0.25, -0.2) is 4.98 Å². The van der Waals surface area contributed by atoms with Crippen LogP contribution in [0.1, 0.15) is 19.3 Å². The van der Waals surface area contributed by atoms with Crippen LogP contribution in [-0.4, -0.2) is 18.1 Å². The van der Waals surface area contributed by atoms with Gasteiger partial charge in [-0.2, -0.15) is 0 Å². The molecule has 0 bridgehead atoms. The number of hydrogen-bond donors (Lipinski definition) is 1. The van der Waals surface area contributed by atoms with Gasteiger partial charge in [0.05, 0.1) is 5.69 Å². The Kier molecular flexibility index (Phi) is 3.19. The van der Waals surface area contributed by atoms with Crippen molar-refractivity contribution < 1.29 is 0 Å². The van der Waals surface area contributed by atoms with Crippen molar-refractivity contribution in [2.45, 2.75) is 19.3 Å². The Morgan fingerprint density at radius 2 is 1.78 bits per heavy atom. The van der Waals surface area contributed by atoms with Crippen LogP contribution in [0.2, 0.25) is 0 Å². The average Bonchev–Trinajstić information content (AvgIpc) is 2.90. The number of piperidine rings is 1. The van der Waals surface area contributed by atoms with E-state index in [0.29, 0.717) is 0 Å². The Balaban J connectivity index is 1.82. The highest BCUT2D eigenvalue weighted by Crippen LogP contribution is 2.29. The van der Waals surface area contributed by atoms with Crippen LogP contribution in [-0.2, 0) is 0 Å². The molecule has 2 N–H and O–H groups in total. The summed E-state index contributed by atoms with van der Waals surface area (Å²) in [5.41, 5.74) is 8.70. The first kappa shape index (κ1) is 11.5. The van der Waals surface area contributed by atoms with Gasteiger partial charge in [0.25, 0.3) is 0 Å². The summed E-state index contributed by atoms with van der Waals surface area (Å²) in [6.45, 7) is 2.30. The maximum Gasteiger partial charge on any atom is 0.185 e. The van der Waals surface area contributed by atoms with Crippen molar-refractivity contribution in [3.05, 3.63) is 29.6 Å². The molecule has 3 rings (SSSR count). The van der Waals surface area contributed by atoms with Gasteiger partial charge in [0.1, 0.15) is 0 Å². The molecule has 1 aliphatic rings. The van der Waals surface area contributed by atoms with Crippen LogP contribution in [0, 0.1) is 0 Å². The standard InChI is InChI=1S/C14H17N3S/c15-12-6-4-11(5-7-12)13-10-18-14(16-13)17-8-2-1-3-9-17/h4-7,10H,1-3,8-9,15H2. The van der Waals surface area contributed by atoms with E-state index in [2.05, 4.69) is 10.3 Å². The van der Waals surface area contributed by atoms with Gasteiger partial charge in [-0.1, -0.05) is 12.1 Å². The highest BCUT2D eigenvalue weighted by Gasteiger charge is 2.14. The minimum atomic E-state index is 0.797. The molecular weight excluding hydrogens is 242 g/mol. The van der Waals surface area contributed by atoms with Crippen molar-refractivity contribution in [2.75, 3.05) is 23.7 Å². The third kappa shape index (κ3) is 2.34. The number of benzene rings is 1. The van der Waals surface area contributed by atoms with Crippen LogP contribution in [0.25, 0.3) is 11.3 Å². The van der Waals surface area contributed by atoms with Crippen LogP contribution in [0.15, 0.2) is 29.6 Å². The second kappa shape index (κ2) is 4.98. The van der Waals surface area contributed by atoms with Crippen molar-refractivity contribution in [3.8, 4) is 11.3 Å². The summed E-state index contributed by atoms with van der Waals surface area (Å²) >= 11 is 1.74. The van der Waals surface area contributed by atoms with E-state index in [4.69, 9.17) is 10.7 Å². The Morgan fingerprint density at radius 3 is 2.50 bits per heavy atom. The fourth-order valence-corrected chi connectivity index (χ4v) is 3.17. The highest BCUT2D eigenvalue weighted by atomic mass is 32.1. The number of aromatic nitrogens is 1. The molecular formula is C14H17N3S. The molecule has 0 radical (unpaired) electrons. The van der Waals surface area contributed by atoms with E-state index in [1.807, 2.05) is 24.3 Å². The average molecular weight is 259 g/mol. The molecule has 1 fully saturated rings. The molecule has 0 spiro atoms. The second-order valence-electron chi connectivity index (χ2n) is 4.69. The molecule has 4 heteroatoms. The first-order valence-corrected chi connectivity index (χ1v) is 7.27. The topological polar surface area (TPSA) is 42.1 Å². The lowest BCUT2D eigenvalue weighted by molar-refractivity contribution is 0.577. The normalized spacial score (nSPS) is 15.9. The van der Waals surface area contributed by atoms with Gasteiger partial charge < -0.3 is 10.6 Å². The van der Waals surface area contributed by atoms with E-state index in [0.717, 1.165) is 35.2 Å². The van der Waals surface area contributed by atoms with Gasteiger partial charge in [0, 0.05) is 29.7 Å². The molecule has 1 aromatic heterocycles. The van der Waals surface area contributed by atoms with E-state index in [9.17, 15) is 0 Å². The first-order valence-electron chi connectivity index (χ1n) is 6.39. The van der Waals surface area contributed by atoms with E-state index < -0.39 is 0 Å². The number of nitrogen functional groups attached to an aromatic ring is 1. The van der Waals surface area contributed by atoms with Crippen molar-refractivity contribution in [1.29, 1.82) is 0 Å². The van der Waals surface area contributed by atoms with Crippen LogP contribution in [0.5, 0.6) is 0 Å². The fraction of sp³-hybridized carbons (Fsp3) is 0.357. The maximum absolute atomic E-state index is 5.70. The smallest absolute Gasteiger partial charge is 0.185 e. The van der Waals surface area contributed by atoms with Crippen molar-refractivity contribution in [2.24, 2.45) is 0 Å². The lowest BCUT2D eigenvalue weighted by Gasteiger charge is -2.25. The third-order valence-corrected chi connectivity index (χ3v) is 4.23. The van der Waals surface area contributed by atoms with Crippen LogP contribution >= 0.6 is 11.3 Å². The molecule has 3 nitrogen and oxygen atoms in total. The second-order valence-corrected chi connectivity index (χ2v) is 5.52. The summed E-state index contributed by atoms with van der Waals surface area (Å²) < 4.78 is 0. The molecule has 1 saturated heterocycles. The van der Waals surface area contributed by atoms with Gasteiger partial charge >= 0.3 is 0 Å². The molecule has 2 aromatic rings. The molecule has 0 unspecified atom stereocenters. The SMILES string of the molecule is Nc1ccc(-c2csc(N3CCCCC3)n2)cc1. The molecule has 2 heterocycles. The lowest BCUT2D eigenvalue weighted by atomic mass is 10.1. The predicted molar refractivity (Wildman–Crippen MR) is 78.0 cm³/mol. The number of thiazole rings is 1.